The number of aliphatic hydroxyl groups excluding tert-OH is 1. The molecule has 0 saturated heterocycles. The molecule has 0 unspecified atom stereocenters. The molecule has 104 valence electrons. The van der Waals surface area contributed by atoms with Crippen molar-refractivity contribution in [2.24, 2.45) is 0 Å². The zero-order valence-electron chi connectivity index (χ0n) is 11.6. The van der Waals surface area contributed by atoms with E-state index in [2.05, 4.69) is 21.9 Å². The molecule has 20 heavy (non-hydrogen) atoms. The Hall–Kier alpha value is -2.32. The van der Waals surface area contributed by atoms with Crippen molar-refractivity contribution >= 4 is 0 Å². The van der Waals surface area contributed by atoms with Gasteiger partial charge in [-0.15, -0.1) is 0 Å². The molecule has 5 heteroatoms. The van der Waals surface area contributed by atoms with E-state index in [0.717, 1.165) is 17.1 Å². The topological polar surface area (TPSA) is 60.2 Å². The minimum absolute atomic E-state index is 0.136. The molecule has 0 saturated carbocycles. The number of aliphatic hydroxyl groups is 1. The van der Waals surface area contributed by atoms with Crippen LogP contribution in [0.4, 0.5) is 0 Å². The second kappa shape index (κ2) is 6.73. The smallest absolute Gasteiger partial charge is 0.165 e. The van der Waals surface area contributed by atoms with Gasteiger partial charge in [-0.1, -0.05) is 11.8 Å². The van der Waals surface area contributed by atoms with Gasteiger partial charge in [-0.2, -0.15) is 5.10 Å². The molecule has 5 nitrogen and oxygen atoms in total. The van der Waals surface area contributed by atoms with Crippen LogP contribution < -0.4 is 4.74 Å². The van der Waals surface area contributed by atoms with Crippen LogP contribution in [-0.2, 0) is 6.61 Å². The van der Waals surface area contributed by atoms with Gasteiger partial charge in [0.15, 0.2) is 5.82 Å². The first kappa shape index (κ1) is 14.1. The fraction of sp³-hybridized carbons (Fsp3) is 0.333. The van der Waals surface area contributed by atoms with E-state index < -0.39 is 0 Å². The summed E-state index contributed by atoms with van der Waals surface area (Å²) in [7, 11) is 0. The molecule has 0 spiro atoms. The highest BCUT2D eigenvalue weighted by molar-refractivity contribution is 5.38. The van der Waals surface area contributed by atoms with Crippen LogP contribution in [0.2, 0.25) is 0 Å². The van der Waals surface area contributed by atoms with Crippen LogP contribution in [0.25, 0.3) is 0 Å². The van der Waals surface area contributed by atoms with Crippen LogP contribution in [-0.4, -0.2) is 26.5 Å². The van der Waals surface area contributed by atoms with Crippen LogP contribution in [0.1, 0.15) is 31.3 Å². The quantitative estimate of drug-likeness (QED) is 0.861. The highest BCUT2D eigenvalue weighted by atomic mass is 16.5. The molecule has 0 aliphatic rings. The maximum absolute atomic E-state index is 8.63. The lowest BCUT2D eigenvalue weighted by molar-refractivity contribution is 0.282. The first-order valence-electron chi connectivity index (χ1n) is 6.41. The number of hydrogen-bond donors (Lipinski definition) is 1. The molecule has 0 atom stereocenters. The summed E-state index contributed by atoms with van der Waals surface area (Å²) >= 11 is 0. The number of ether oxygens (including phenoxy) is 1. The Kier molecular flexibility index (Phi) is 4.75. The molecule has 1 aromatic carbocycles. The average Bonchev–Trinajstić information content (AvgIpc) is 2.92. The maximum atomic E-state index is 8.63. The van der Waals surface area contributed by atoms with E-state index in [1.54, 1.807) is 0 Å². The summed E-state index contributed by atoms with van der Waals surface area (Å²) in [6.07, 6.45) is 1.53. The van der Waals surface area contributed by atoms with Crippen molar-refractivity contribution in [1.82, 2.24) is 14.8 Å². The Morgan fingerprint density at radius 2 is 2.05 bits per heavy atom. The molecule has 0 amide bonds. The van der Waals surface area contributed by atoms with Gasteiger partial charge in [0.1, 0.15) is 25.3 Å². The van der Waals surface area contributed by atoms with Crippen LogP contribution in [0.3, 0.4) is 0 Å². The van der Waals surface area contributed by atoms with Crippen LogP contribution >= 0.6 is 0 Å². The molecular weight excluding hydrogens is 254 g/mol. The van der Waals surface area contributed by atoms with E-state index in [4.69, 9.17) is 9.84 Å². The molecule has 2 rings (SSSR count). The van der Waals surface area contributed by atoms with Crippen molar-refractivity contribution in [2.75, 3.05) is 6.61 Å². The van der Waals surface area contributed by atoms with Gasteiger partial charge >= 0.3 is 0 Å². The van der Waals surface area contributed by atoms with Gasteiger partial charge in [-0.3, -0.25) is 0 Å². The Balaban J connectivity index is 1.99. The second-order valence-electron chi connectivity index (χ2n) is 4.49. The second-order valence-corrected chi connectivity index (χ2v) is 4.49. The summed E-state index contributed by atoms with van der Waals surface area (Å²) in [5, 5.41) is 12.8. The van der Waals surface area contributed by atoms with E-state index in [0.29, 0.717) is 6.61 Å². The number of rotatable bonds is 4. The van der Waals surface area contributed by atoms with Crippen molar-refractivity contribution in [3.8, 4) is 17.6 Å². The predicted octanol–water partition coefficient (Wildman–Crippen LogP) is 1.78. The highest BCUT2D eigenvalue weighted by Crippen LogP contribution is 2.14. The Morgan fingerprint density at radius 1 is 1.30 bits per heavy atom. The van der Waals surface area contributed by atoms with Crippen LogP contribution in [0.15, 0.2) is 30.6 Å². The van der Waals surface area contributed by atoms with Gasteiger partial charge < -0.3 is 9.84 Å². The molecule has 0 aliphatic heterocycles. The normalized spacial score (nSPS) is 10.2. The Labute approximate surface area is 118 Å². The lowest BCUT2D eigenvalue weighted by atomic mass is 10.2. The van der Waals surface area contributed by atoms with Crippen molar-refractivity contribution in [1.29, 1.82) is 0 Å². The number of hydrogen-bond acceptors (Lipinski definition) is 4. The Morgan fingerprint density at radius 3 is 2.70 bits per heavy atom. The summed E-state index contributed by atoms with van der Waals surface area (Å²) in [4.78, 5) is 4.19. The van der Waals surface area contributed by atoms with Gasteiger partial charge in [-0.05, 0) is 38.1 Å². The number of benzene rings is 1. The van der Waals surface area contributed by atoms with Crippen molar-refractivity contribution < 1.29 is 9.84 Å². The third kappa shape index (κ3) is 3.59. The summed E-state index contributed by atoms with van der Waals surface area (Å²) in [6.45, 7) is 4.34. The standard InChI is InChI=1S/C15H17N3O2/c1-12(2)18-15(16-11-17-18)10-20-14-7-5-13(6-8-14)4-3-9-19/h5-8,11-12,19H,9-10H2,1-2H3. The van der Waals surface area contributed by atoms with Crippen LogP contribution in [0, 0.1) is 11.8 Å². The molecule has 0 bridgehead atoms. The zero-order chi connectivity index (χ0) is 14.4. The molecule has 1 heterocycles. The Bertz CT molecular complexity index is 606. The molecule has 0 radical (unpaired) electrons. The summed E-state index contributed by atoms with van der Waals surface area (Å²) in [5.74, 6) is 6.98. The first-order valence-corrected chi connectivity index (χ1v) is 6.41. The summed E-state index contributed by atoms with van der Waals surface area (Å²) in [5.41, 5.74) is 0.844. The molecule has 0 aliphatic carbocycles. The lowest BCUT2D eigenvalue weighted by Gasteiger charge is -2.10. The highest BCUT2D eigenvalue weighted by Gasteiger charge is 2.07. The number of aromatic nitrogens is 3. The van der Waals surface area contributed by atoms with Gasteiger partial charge in [0, 0.05) is 11.6 Å². The van der Waals surface area contributed by atoms with Gasteiger partial charge in [-0.25, -0.2) is 9.67 Å². The first-order chi connectivity index (χ1) is 9.70. The number of nitrogens with zero attached hydrogens (tertiary/aromatic N) is 3. The SMILES string of the molecule is CC(C)n1ncnc1COc1ccc(C#CCO)cc1. The van der Waals surface area contributed by atoms with E-state index in [1.807, 2.05) is 42.8 Å². The predicted molar refractivity (Wildman–Crippen MR) is 75.1 cm³/mol. The monoisotopic (exact) mass is 271 g/mol. The van der Waals surface area contributed by atoms with E-state index in [9.17, 15) is 0 Å². The largest absolute Gasteiger partial charge is 0.486 e. The van der Waals surface area contributed by atoms with Crippen molar-refractivity contribution in [3.63, 3.8) is 0 Å². The third-order valence-corrected chi connectivity index (χ3v) is 2.67. The molecule has 1 N–H and O–H groups in total. The minimum atomic E-state index is -0.136. The van der Waals surface area contributed by atoms with Crippen molar-refractivity contribution in [3.05, 3.63) is 42.0 Å². The minimum Gasteiger partial charge on any atom is -0.486 e. The molecular formula is C15H17N3O2. The van der Waals surface area contributed by atoms with Gasteiger partial charge in [0.05, 0.1) is 0 Å². The van der Waals surface area contributed by atoms with Crippen LogP contribution in [0.5, 0.6) is 5.75 Å². The average molecular weight is 271 g/mol. The fourth-order valence-corrected chi connectivity index (χ4v) is 1.73. The zero-order valence-corrected chi connectivity index (χ0v) is 11.6. The van der Waals surface area contributed by atoms with Gasteiger partial charge in [0.25, 0.3) is 0 Å². The maximum Gasteiger partial charge on any atom is 0.165 e. The molecule has 1 aromatic heterocycles. The summed E-state index contributed by atoms with van der Waals surface area (Å²) in [6, 6.07) is 7.65. The fourth-order valence-electron chi connectivity index (χ4n) is 1.73. The van der Waals surface area contributed by atoms with E-state index in [1.165, 1.54) is 6.33 Å². The molecule has 2 aromatic rings. The van der Waals surface area contributed by atoms with Crippen molar-refractivity contribution in [2.45, 2.75) is 26.5 Å². The van der Waals surface area contributed by atoms with Gasteiger partial charge in [0.2, 0.25) is 0 Å². The third-order valence-electron chi connectivity index (χ3n) is 2.67. The lowest BCUT2D eigenvalue weighted by Crippen LogP contribution is -2.10. The molecule has 0 fully saturated rings. The summed E-state index contributed by atoms with van der Waals surface area (Å²) < 4.78 is 7.51. The van der Waals surface area contributed by atoms with E-state index >= 15 is 0 Å². The van der Waals surface area contributed by atoms with E-state index in [-0.39, 0.29) is 12.6 Å².